The largest absolute Gasteiger partial charge is 0.390 e. The Labute approximate surface area is 109 Å². The molecule has 2 rings (SSSR count). The minimum Gasteiger partial charge on any atom is -0.390 e. The van der Waals surface area contributed by atoms with Gasteiger partial charge in [-0.2, -0.15) is 0 Å². The van der Waals surface area contributed by atoms with Gasteiger partial charge in [-0.25, -0.2) is 4.89 Å². The van der Waals surface area contributed by atoms with Gasteiger partial charge in [0.05, 0.1) is 5.60 Å². The van der Waals surface area contributed by atoms with Gasteiger partial charge in [-0.3, -0.25) is 5.26 Å². The highest BCUT2D eigenvalue weighted by Crippen LogP contribution is 2.47. The van der Waals surface area contributed by atoms with Gasteiger partial charge < -0.3 is 5.11 Å². The van der Waals surface area contributed by atoms with Gasteiger partial charge in [0.1, 0.15) is 6.10 Å². The molecule has 102 valence electrons. The fourth-order valence-electron chi connectivity index (χ4n) is 3.36. The molecule has 2 N–H and O–H groups in total. The van der Waals surface area contributed by atoms with Crippen LogP contribution in [0.15, 0.2) is 23.3 Å². The second-order valence-electron chi connectivity index (χ2n) is 6.34. The van der Waals surface area contributed by atoms with Crippen LogP contribution in [0.3, 0.4) is 0 Å². The zero-order valence-electron chi connectivity index (χ0n) is 11.6. The Hall–Kier alpha value is -0.640. The molecule has 0 radical (unpaired) electrons. The monoisotopic (exact) mass is 252 g/mol. The Kier molecular flexibility index (Phi) is 3.67. The van der Waals surface area contributed by atoms with Gasteiger partial charge in [-0.15, -0.1) is 0 Å². The van der Waals surface area contributed by atoms with Crippen LogP contribution in [0.5, 0.6) is 0 Å². The van der Waals surface area contributed by atoms with Crippen LogP contribution in [0.2, 0.25) is 0 Å². The lowest BCUT2D eigenvalue weighted by Crippen LogP contribution is -2.30. The molecule has 0 bridgehead atoms. The summed E-state index contributed by atoms with van der Waals surface area (Å²) in [7, 11) is 0. The molecular weight excluding hydrogens is 228 g/mol. The zero-order chi connectivity index (χ0) is 13.5. The summed E-state index contributed by atoms with van der Waals surface area (Å²) < 4.78 is 0. The second kappa shape index (κ2) is 4.80. The van der Waals surface area contributed by atoms with Crippen LogP contribution in [0.25, 0.3) is 0 Å². The molecular formula is C15H24O3. The minimum absolute atomic E-state index is 0.192. The lowest BCUT2D eigenvalue weighted by Gasteiger charge is -2.29. The maximum absolute atomic E-state index is 10.3. The Morgan fingerprint density at radius 2 is 2.06 bits per heavy atom. The topological polar surface area (TPSA) is 49.7 Å². The SMILES string of the molecule is C=C1CC[C@H](C(C)(C)O)CC2=C(C)[C@H](OO)C[C@H]12. The maximum Gasteiger partial charge on any atom is 0.115 e. The van der Waals surface area contributed by atoms with Gasteiger partial charge in [0.15, 0.2) is 0 Å². The van der Waals surface area contributed by atoms with E-state index in [1.807, 2.05) is 20.8 Å². The molecule has 0 aromatic carbocycles. The van der Waals surface area contributed by atoms with Crippen molar-refractivity contribution in [3.8, 4) is 0 Å². The van der Waals surface area contributed by atoms with E-state index in [9.17, 15) is 5.11 Å². The quantitative estimate of drug-likeness (QED) is 0.450. The summed E-state index contributed by atoms with van der Waals surface area (Å²) in [5.41, 5.74) is 3.00. The van der Waals surface area contributed by atoms with E-state index >= 15 is 0 Å². The van der Waals surface area contributed by atoms with E-state index < -0.39 is 5.60 Å². The van der Waals surface area contributed by atoms with E-state index in [0.717, 1.165) is 31.3 Å². The first-order valence-corrected chi connectivity index (χ1v) is 6.74. The first kappa shape index (κ1) is 13.8. The molecule has 0 aliphatic heterocycles. The van der Waals surface area contributed by atoms with E-state index in [1.54, 1.807) is 0 Å². The highest BCUT2D eigenvalue weighted by Gasteiger charge is 2.39. The molecule has 3 heteroatoms. The second-order valence-corrected chi connectivity index (χ2v) is 6.34. The van der Waals surface area contributed by atoms with Gasteiger partial charge in [0, 0.05) is 5.92 Å². The van der Waals surface area contributed by atoms with Crippen molar-refractivity contribution >= 4 is 0 Å². The third kappa shape index (κ3) is 2.40. The predicted octanol–water partition coefficient (Wildman–Crippen LogP) is 3.31. The summed E-state index contributed by atoms with van der Waals surface area (Å²) in [5, 5.41) is 19.2. The van der Waals surface area contributed by atoms with Crippen molar-refractivity contribution in [1.29, 1.82) is 0 Å². The molecule has 3 atom stereocenters. The molecule has 18 heavy (non-hydrogen) atoms. The molecule has 0 spiro atoms. The molecule has 2 aliphatic rings. The van der Waals surface area contributed by atoms with Gasteiger partial charge in [-0.05, 0) is 57.9 Å². The van der Waals surface area contributed by atoms with Crippen molar-refractivity contribution in [2.75, 3.05) is 0 Å². The molecule has 0 aromatic heterocycles. The van der Waals surface area contributed by atoms with Crippen LogP contribution < -0.4 is 0 Å². The lowest BCUT2D eigenvalue weighted by atomic mass is 9.83. The minimum atomic E-state index is -0.666. The summed E-state index contributed by atoms with van der Waals surface area (Å²) in [4.78, 5) is 4.56. The van der Waals surface area contributed by atoms with E-state index in [0.29, 0.717) is 5.92 Å². The summed E-state index contributed by atoms with van der Waals surface area (Å²) in [6.07, 6.45) is 3.44. The number of hydrogen-bond acceptors (Lipinski definition) is 3. The van der Waals surface area contributed by atoms with Crippen molar-refractivity contribution in [3.63, 3.8) is 0 Å². The van der Waals surface area contributed by atoms with Crippen LogP contribution in [0.4, 0.5) is 0 Å². The molecule has 0 amide bonds. The smallest absolute Gasteiger partial charge is 0.115 e. The van der Waals surface area contributed by atoms with Gasteiger partial charge in [0.2, 0.25) is 0 Å². The third-order valence-electron chi connectivity index (χ3n) is 4.76. The van der Waals surface area contributed by atoms with Crippen molar-refractivity contribution < 1.29 is 15.3 Å². The molecule has 1 fully saturated rings. The predicted molar refractivity (Wildman–Crippen MR) is 71.1 cm³/mol. The first-order chi connectivity index (χ1) is 8.34. The van der Waals surface area contributed by atoms with Gasteiger partial charge in [0.25, 0.3) is 0 Å². The van der Waals surface area contributed by atoms with E-state index in [2.05, 4.69) is 11.5 Å². The fraction of sp³-hybridized carbons (Fsp3) is 0.733. The Morgan fingerprint density at radius 3 is 2.61 bits per heavy atom. The maximum atomic E-state index is 10.3. The van der Waals surface area contributed by atoms with E-state index in [4.69, 9.17) is 5.26 Å². The Morgan fingerprint density at radius 1 is 1.39 bits per heavy atom. The Balaban J connectivity index is 2.30. The molecule has 0 aromatic rings. The van der Waals surface area contributed by atoms with Crippen LogP contribution in [-0.2, 0) is 4.89 Å². The summed E-state index contributed by atoms with van der Waals surface area (Å²) in [5.74, 6) is 0.580. The van der Waals surface area contributed by atoms with Gasteiger partial charge in [-0.1, -0.05) is 17.7 Å². The first-order valence-electron chi connectivity index (χ1n) is 6.74. The average molecular weight is 252 g/mol. The number of fused-ring (bicyclic) bond motifs is 1. The summed E-state index contributed by atoms with van der Waals surface area (Å²) in [6, 6.07) is 0. The average Bonchev–Trinajstić information content (AvgIpc) is 2.48. The Bertz CT molecular complexity index is 376. The van der Waals surface area contributed by atoms with Crippen LogP contribution in [0, 0.1) is 11.8 Å². The van der Waals surface area contributed by atoms with Crippen molar-refractivity contribution in [1.82, 2.24) is 0 Å². The number of allylic oxidation sites excluding steroid dienone is 2. The molecule has 1 saturated carbocycles. The van der Waals surface area contributed by atoms with Crippen molar-refractivity contribution in [2.45, 2.75) is 58.2 Å². The number of aliphatic hydroxyl groups is 1. The van der Waals surface area contributed by atoms with Crippen molar-refractivity contribution in [2.24, 2.45) is 11.8 Å². The van der Waals surface area contributed by atoms with E-state index in [-0.39, 0.29) is 12.0 Å². The standard InChI is InChI=1S/C15H24O3/c1-9-5-6-11(15(3,4)16)7-13-10(2)14(18-17)8-12(9)13/h11-12,14,16-17H,1,5-8H2,2-4H3/t11-,12+,14+/m0/s1. The van der Waals surface area contributed by atoms with Gasteiger partial charge >= 0.3 is 0 Å². The lowest BCUT2D eigenvalue weighted by molar-refractivity contribution is -0.268. The van der Waals surface area contributed by atoms with Crippen molar-refractivity contribution in [3.05, 3.63) is 23.3 Å². The van der Waals surface area contributed by atoms with Crippen LogP contribution in [0.1, 0.15) is 46.5 Å². The fourth-order valence-corrected chi connectivity index (χ4v) is 3.36. The zero-order valence-corrected chi connectivity index (χ0v) is 11.6. The third-order valence-corrected chi connectivity index (χ3v) is 4.76. The number of rotatable bonds is 2. The molecule has 0 saturated heterocycles. The molecule has 3 nitrogen and oxygen atoms in total. The van der Waals surface area contributed by atoms with E-state index in [1.165, 1.54) is 11.1 Å². The normalized spacial score (nSPS) is 33.6. The molecule has 2 aliphatic carbocycles. The highest BCUT2D eigenvalue weighted by atomic mass is 17.1. The molecule has 0 heterocycles. The number of hydrogen-bond donors (Lipinski definition) is 2. The highest BCUT2D eigenvalue weighted by molar-refractivity contribution is 5.34. The summed E-state index contributed by atoms with van der Waals surface area (Å²) >= 11 is 0. The van der Waals surface area contributed by atoms with Crippen LogP contribution >= 0.6 is 0 Å². The van der Waals surface area contributed by atoms with Crippen LogP contribution in [-0.4, -0.2) is 22.1 Å². The molecule has 0 unspecified atom stereocenters. The summed E-state index contributed by atoms with van der Waals surface area (Å²) in [6.45, 7) is 9.97.